The van der Waals surface area contributed by atoms with Crippen molar-refractivity contribution in [3.05, 3.63) is 0 Å². The molecule has 0 spiro atoms. The van der Waals surface area contributed by atoms with E-state index >= 15 is 0 Å². The first-order chi connectivity index (χ1) is 23.5. The highest BCUT2D eigenvalue weighted by Crippen LogP contribution is 2.35. The molecule has 3 aliphatic heterocycles. The van der Waals surface area contributed by atoms with Gasteiger partial charge in [0.2, 0.25) is 0 Å². The van der Waals surface area contributed by atoms with Crippen molar-refractivity contribution in [3.63, 3.8) is 0 Å². The fourth-order valence-electron chi connectivity index (χ4n) is 5.04. The van der Waals surface area contributed by atoms with Gasteiger partial charge in [0.05, 0.1) is 45.6 Å². The van der Waals surface area contributed by atoms with Gasteiger partial charge in [-0.1, -0.05) is 0 Å². The van der Waals surface area contributed by atoms with Crippen LogP contribution < -0.4 is 0 Å². The Morgan fingerprint density at radius 2 is 1.00 bits per heavy atom. The van der Waals surface area contributed by atoms with Crippen molar-refractivity contribution in [2.24, 2.45) is 0 Å². The molecule has 0 saturated carbocycles. The Balaban J connectivity index is 0.000000401. The van der Waals surface area contributed by atoms with Crippen molar-refractivity contribution in [2.75, 3.05) is 39.6 Å². The zero-order valence-corrected chi connectivity index (χ0v) is 33.0. The summed E-state index contributed by atoms with van der Waals surface area (Å²) < 4.78 is 125. The van der Waals surface area contributed by atoms with Gasteiger partial charge in [0.25, 0.3) is 27.9 Å². The predicted molar refractivity (Wildman–Crippen MR) is 177 cm³/mol. The number of hydrogen-bond acceptors (Lipinski definition) is 11. The van der Waals surface area contributed by atoms with E-state index in [0.717, 1.165) is 28.1 Å². The van der Waals surface area contributed by atoms with E-state index in [1.165, 1.54) is 0 Å². The summed E-state index contributed by atoms with van der Waals surface area (Å²) in [4.78, 5) is 49.1. The average molecular weight is 802 g/mol. The van der Waals surface area contributed by atoms with Crippen LogP contribution in [0, 0.1) is 0 Å². The van der Waals surface area contributed by atoms with Crippen LogP contribution in [0.5, 0.6) is 0 Å². The van der Waals surface area contributed by atoms with Crippen LogP contribution in [0.25, 0.3) is 0 Å². The summed E-state index contributed by atoms with van der Waals surface area (Å²) in [6, 6.07) is -2.79. The van der Waals surface area contributed by atoms with E-state index in [-0.39, 0.29) is 6.42 Å². The Morgan fingerprint density at radius 3 is 1.38 bits per heavy atom. The number of hydrogen-bond donors (Lipinski definition) is 0. The number of carbonyl (C=O) groups excluding carboxylic acids is 4. The van der Waals surface area contributed by atoms with Crippen molar-refractivity contribution in [3.8, 4) is 0 Å². The average Bonchev–Trinajstić information content (AvgIpc) is 3.52. The van der Waals surface area contributed by atoms with E-state index in [0.29, 0.717) is 0 Å². The molecule has 0 bridgehead atoms. The number of rotatable bonds is 4. The lowest BCUT2D eigenvalue weighted by Crippen LogP contribution is -2.44. The summed E-state index contributed by atoms with van der Waals surface area (Å²) in [6.45, 7) is 13.7. The van der Waals surface area contributed by atoms with E-state index in [4.69, 9.17) is 14.2 Å². The Kier molecular flexibility index (Phi) is 15.4. The quantitative estimate of drug-likeness (QED) is 0.141. The fraction of sp³-hybridized carbons (Fsp3) is 0.875. The summed E-state index contributed by atoms with van der Waals surface area (Å²) in [6.07, 6.45) is -3.36. The molecule has 3 amide bonds. The number of esters is 1. The first-order valence-corrected chi connectivity index (χ1v) is 18.3. The third-order valence-corrected chi connectivity index (χ3v) is 7.57. The van der Waals surface area contributed by atoms with Gasteiger partial charge in [0.1, 0.15) is 22.8 Å². The largest absolute Gasteiger partial charge is 0.467 e. The molecule has 14 nitrogen and oxygen atoms in total. The number of halogens is 6. The first-order valence-electron chi connectivity index (χ1n) is 16.5. The number of likely N-dealkylation sites (tertiary alicyclic amines) is 3. The minimum atomic E-state index is -3.76. The predicted octanol–water partition coefficient (Wildman–Crippen LogP) is 6.06. The molecule has 53 heavy (non-hydrogen) atoms. The monoisotopic (exact) mass is 801 g/mol. The van der Waals surface area contributed by atoms with Crippen LogP contribution in [0.1, 0.15) is 88.5 Å². The van der Waals surface area contributed by atoms with Crippen LogP contribution >= 0.6 is 0 Å². The molecule has 0 aromatic heterocycles. The van der Waals surface area contributed by atoms with Crippen molar-refractivity contribution >= 4 is 34.4 Å². The number of nitrogens with zero attached hydrogens (tertiary/aromatic N) is 3. The summed E-state index contributed by atoms with van der Waals surface area (Å²) in [5.41, 5.74) is -2.28. The second kappa shape index (κ2) is 17.1. The number of ether oxygens (including phenoxy) is 4. The SMILES string of the molecule is CC(C)(C)OC(=O)N1CC(F)(F)C[C@@H]1COS(C)(=O)=O.COC(=O)[C@H]1CC(F)(F)CN1C(=O)OC(C)(C)C.C[C@H]1CC(F)(F)CN1C(=O)OC(C)(C)C. The molecule has 3 heterocycles. The number of carbonyl (C=O) groups is 4. The summed E-state index contributed by atoms with van der Waals surface area (Å²) in [5, 5.41) is 0. The molecule has 3 rings (SSSR count). The van der Waals surface area contributed by atoms with Gasteiger partial charge in [-0.15, -0.1) is 0 Å². The normalized spacial score (nSPS) is 23.6. The molecule has 21 heteroatoms. The maximum atomic E-state index is 13.4. The first kappa shape index (κ1) is 47.8. The highest BCUT2D eigenvalue weighted by Gasteiger charge is 2.52. The van der Waals surface area contributed by atoms with E-state index in [2.05, 4.69) is 8.92 Å². The van der Waals surface area contributed by atoms with Gasteiger partial charge in [0.15, 0.2) is 0 Å². The molecule has 0 radical (unpaired) electrons. The molecule has 0 aromatic carbocycles. The number of amides is 3. The van der Waals surface area contributed by atoms with Crippen molar-refractivity contribution in [1.82, 2.24) is 14.7 Å². The fourth-order valence-corrected chi connectivity index (χ4v) is 5.44. The van der Waals surface area contributed by atoms with E-state index in [1.807, 2.05) is 0 Å². The lowest BCUT2D eigenvalue weighted by molar-refractivity contribution is -0.146. The summed E-state index contributed by atoms with van der Waals surface area (Å²) in [7, 11) is -2.67. The van der Waals surface area contributed by atoms with Gasteiger partial charge in [-0.2, -0.15) is 8.42 Å². The van der Waals surface area contributed by atoms with Gasteiger partial charge in [-0.3, -0.25) is 18.9 Å². The molecule has 0 aromatic rings. The van der Waals surface area contributed by atoms with Gasteiger partial charge >= 0.3 is 24.2 Å². The van der Waals surface area contributed by atoms with Crippen LogP contribution in [0.4, 0.5) is 40.7 Å². The molecule has 3 aliphatic rings. The van der Waals surface area contributed by atoms with Gasteiger partial charge in [0, 0.05) is 25.3 Å². The van der Waals surface area contributed by atoms with Crippen LogP contribution in [0.15, 0.2) is 0 Å². The Morgan fingerprint density at radius 1 is 0.642 bits per heavy atom. The van der Waals surface area contributed by atoms with Crippen LogP contribution in [-0.2, 0) is 38.0 Å². The van der Waals surface area contributed by atoms with E-state index in [9.17, 15) is 53.9 Å². The number of methoxy groups -OCH3 is 1. The molecule has 0 aliphatic carbocycles. The highest BCUT2D eigenvalue weighted by molar-refractivity contribution is 7.85. The molecule has 3 fully saturated rings. The van der Waals surface area contributed by atoms with Crippen LogP contribution in [0.2, 0.25) is 0 Å². The van der Waals surface area contributed by atoms with Crippen molar-refractivity contribution in [1.29, 1.82) is 0 Å². The molecule has 310 valence electrons. The minimum absolute atomic E-state index is 0.285. The minimum Gasteiger partial charge on any atom is -0.467 e. The topological polar surface area (TPSA) is 158 Å². The molecular formula is C32H53F6N3O11S. The van der Waals surface area contributed by atoms with Crippen molar-refractivity contribution < 1.29 is 77.1 Å². The van der Waals surface area contributed by atoms with Gasteiger partial charge in [-0.25, -0.2) is 45.5 Å². The smallest absolute Gasteiger partial charge is 0.411 e. The maximum absolute atomic E-state index is 13.4. The van der Waals surface area contributed by atoms with Crippen LogP contribution in [-0.4, -0.2) is 140 Å². The Hall–Kier alpha value is -3.23. The highest BCUT2D eigenvalue weighted by atomic mass is 32.2. The molecule has 0 N–H and O–H groups in total. The second-order valence-electron chi connectivity index (χ2n) is 16.0. The third kappa shape index (κ3) is 17.6. The Bertz CT molecular complexity index is 1410. The van der Waals surface area contributed by atoms with Gasteiger partial charge < -0.3 is 18.9 Å². The van der Waals surface area contributed by atoms with Crippen LogP contribution in [0.3, 0.4) is 0 Å². The van der Waals surface area contributed by atoms with Crippen molar-refractivity contribution in [2.45, 2.75) is 141 Å². The molecule has 0 unspecified atom stereocenters. The molecule has 3 saturated heterocycles. The zero-order chi connectivity index (χ0) is 41.8. The second-order valence-corrected chi connectivity index (χ2v) is 17.7. The van der Waals surface area contributed by atoms with Gasteiger partial charge in [-0.05, 0) is 69.2 Å². The van der Waals surface area contributed by atoms with E-state index in [1.54, 1.807) is 69.2 Å². The maximum Gasteiger partial charge on any atom is 0.411 e. The number of alkyl halides is 6. The van der Waals surface area contributed by atoms with E-state index < -0.39 is 126 Å². The summed E-state index contributed by atoms with van der Waals surface area (Å²) >= 11 is 0. The lowest BCUT2D eigenvalue weighted by atomic mass is 10.2. The summed E-state index contributed by atoms with van der Waals surface area (Å²) in [5.74, 6) is -9.83. The molecular weight excluding hydrogens is 748 g/mol. The third-order valence-electron chi connectivity index (χ3n) is 7.01. The standard InChI is InChI=1S/C11H19F2NO5S.C11H17F2NO4.C10H17F2NO2/c1-10(2,3)19-9(15)14-7-11(12,13)5-8(14)6-18-20(4,16)17;1-10(2,3)18-9(16)14-6-11(12,13)5-7(14)8(15)17-4;1-7-5-10(11,12)6-13(7)8(14)15-9(2,3)4/h8H,5-7H2,1-4H3;7H,5-6H2,1-4H3;7H,5-6H2,1-4H3/t8-;2*7-/m110/s1. The lowest BCUT2D eigenvalue weighted by Gasteiger charge is -2.27. The molecule has 3 atom stereocenters. The Labute approximate surface area is 306 Å². The zero-order valence-electron chi connectivity index (χ0n) is 32.2.